The molecule has 0 saturated carbocycles. The van der Waals surface area contributed by atoms with Gasteiger partial charge in [-0.25, -0.2) is 13.8 Å². The average Bonchev–Trinajstić information content (AvgIpc) is 2.88. The van der Waals surface area contributed by atoms with Crippen molar-refractivity contribution in [2.45, 2.75) is 20.3 Å². The van der Waals surface area contributed by atoms with Crippen LogP contribution in [-0.2, 0) is 6.42 Å². The van der Waals surface area contributed by atoms with E-state index >= 15 is 0 Å². The lowest BCUT2D eigenvalue weighted by molar-refractivity contribution is 0.0991. The molecule has 0 saturated heterocycles. The fourth-order valence-electron chi connectivity index (χ4n) is 4.13. The third kappa shape index (κ3) is 4.78. The number of Topliss-reactive ketones (excluding diaryl/α,β-unsaturated/α-hetero) is 1. The number of nitrogens with one attached hydrogen (secondary N) is 1. The van der Waals surface area contributed by atoms with E-state index in [-0.39, 0.29) is 34.6 Å². The molecule has 0 radical (unpaired) electrons. The van der Waals surface area contributed by atoms with E-state index in [1.165, 1.54) is 60.9 Å². The fourth-order valence-corrected chi connectivity index (χ4v) is 4.13. The molecule has 0 aliphatic carbocycles. The average molecular weight is 515 g/mol. The minimum Gasteiger partial charge on any atom is -0.452 e. The normalized spacial score (nSPS) is 11.1. The van der Waals surface area contributed by atoms with Gasteiger partial charge in [-0.2, -0.15) is 4.39 Å². The number of aromatic amines is 1. The Morgan fingerprint density at radius 2 is 1.74 bits per heavy atom. The van der Waals surface area contributed by atoms with Gasteiger partial charge in [0.2, 0.25) is 5.95 Å². The lowest BCUT2D eigenvalue weighted by Gasteiger charge is -2.11. The Labute approximate surface area is 214 Å². The van der Waals surface area contributed by atoms with Crippen molar-refractivity contribution in [3.05, 3.63) is 117 Å². The molecular weight excluding hydrogens is 495 g/mol. The van der Waals surface area contributed by atoms with Gasteiger partial charge in [-0.1, -0.05) is 18.2 Å². The van der Waals surface area contributed by atoms with Crippen molar-refractivity contribution in [3.63, 3.8) is 0 Å². The highest BCUT2D eigenvalue weighted by atomic mass is 19.1. The minimum atomic E-state index is -0.752. The quantitative estimate of drug-likeness (QED) is 0.214. The Hall–Kier alpha value is -4.79. The SMILES string of the molecule is Cc1cc2nccc(Oc3ccc(CC(=O)c4c[nH]c(C)c(-c5ccc(F)cc5)c4=O)cc3F)c2nc1F. The van der Waals surface area contributed by atoms with Crippen molar-refractivity contribution < 1.29 is 22.7 Å². The second-order valence-corrected chi connectivity index (χ2v) is 8.78. The number of ketones is 1. The summed E-state index contributed by atoms with van der Waals surface area (Å²) in [6, 6.07) is 12.3. The molecule has 2 aromatic carbocycles. The van der Waals surface area contributed by atoms with Gasteiger partial charge in [-0.05, 0) is 55.3 Å². The van der Waals surface area contributed by atoms with E-state index in [9.17, 15) is 22.8 Å². The van der Waals surface area contributed by atoms with Crippen LogP contribution in [0.25, 0.3) is 22.2 Å². The van der Waals surface area contributed by atoms with Gasteiger partial charge in [0.05, 0.1) is 11.1 Å². The number of hydrogen-bond donors (Lipinski definition) is 1. The van der Waals surface area contributed by atoms with E-state index in [0.29, 0.717) is 27.9 Å². The zero-order chi connectivity index (χ0) is 27.0. The van der Waals surface area contributed by atoms with Gasteiger partial charge in [-0.15, -0.1) is 0 Å². The summed E-state index contributed by atoms with van der Waals surface area (Å²) in [7, 11) is 0. The number of hydrogen-bond acceptors (Lipinski definition) is 5. The molecule has 3 aromatic heterocycles. The van der Waals surface area contributed by atoms with Crippen LogP contribution in [0.5, 0.6) is 11.5 Å². The number of aryl methyl sites for hydroxylation is 2. The van der Waals surface area contributed by atoms with Gasteiger partial charge in [-0.3, -0.25) is 14.6 Å². The molecule has 190 valence electrons. The first-order valence-corrected chi connectivity index (χ1v) is 11.6. The van der Waals surface area contributed by atoms with Gasteiger partial charge >= 0.3 is 0 Å². The number of halogens is 3. The predicted octanol–water partition coefficient (Wildman–Crippen LogP) is 6.24. The van der Waals surface area contributed by atoms with E-state index in [2.05, 4.69) is 15.0 Å². The Balaban J connectivity index is 1.40. The molecular formula is C29H20F3N3O3. The predicted molar refractivity (Wildman–Crippen MR) is 136 cm³/mol. The molecule has 0 aliphatic rings. The Kier molecular flexibility index (Phi) is 6.50. The monoisotopic (exact) mass is 515 g/mol. The fraction of sp³-hybridized carbons (Fsp3) is 0.103. The van der Waals surface area contributed by atoms with Crippen LogP contribution in [0.4, 0.5) is 13.2 Å². The zero-order valence-electron chi connectivity index (χ0n) is 20.3. The first-order valence-electron chi connectivity index (χ1n) is 11.6. The van der Waals surface area contributed by atoms with Crippen molar-refractivity contribution in [2.24, 2.45) is 0 Å². The van der Waals surface area contributed by atoms with Crippen molar-refractivity contribution in [1.82, 2.24) is 15.0 Å². The van der Waals surface area contributed by atoms with Gasteiger partial charge in [0, 0.05) is 41.7 Å². The summed E-state index contributed by atoms with van der Waals surface area (Å²) in [5.74, 6) is -2.42. The molecule has 0 atom stereocenters. The number of H-pyrrole nitrogens is 1. The number of aromatic nitrogens is 3. The number of nitrogens with zero attached hydrogens (tertiary/aromatic N) is 2. The summed E-state index contributed by atoms with van der Waals surface area (Å²) in [4.78, 5) is 37.0. The molecule has 5 rings (SSSR count). The number of benzene rings is 2. The van der Waals surface area contributed by atoms with Gasteiger partial charge in [0.25, 0.3) is 0 Å². The molecule has 1 N–H and O–H groups in total. The van der Waals surface area contributed by atoms with E-state index in [1.54, 1.807) is 13.8 Å². The van der Waals surface area contributed by atoms with Crippen LogP contribution in [0.15, 0.2) is 71.8 Å². The number of pyridine rings is 3. The molecule has 6 nitrogen and oxygen atoms in total. The number of carbonyl (C=O) groups is 1. The summed E-state index contributed by atoms with van der Waals surface area (Å²) in [5.41, 5.74) is 1.84. The van der Waals surface area contributed by atoms with E-state index < -0.39 is 28.8 Å². The highest BCUT2D eigenvalue weighted by Crippen LogP contribution is 2.30. The largest absolute Gasteiger partial charge is 0.452 e. The van der Waals surface area contributed by atoms with Crippen LogP contribution in [0.2, 0.25) is 0 Å². The van der Waals surface area contributed by atoms with Gasteiger partial charge in [0.15, 0.2) is 28.5 Å². The molecule has 0 spiro atoms. The van der Waals surface area contributed by atoms with Crippen LogP contribution in [0.1, 0.15) is 27.2 Å². The molecule has 0 unspecified atom stereocenters. The van der Waals surface area contributed by atoms with Crippen LogP contribution >= 0.6 is 0 Å². The first-order chi connectivity index (χ1) is 18.2. The summed E-state index contributed by atoms with van der Waals surface area (Å²) in [6.07, 6.45) is 2.53. The maximum atomic E-state index is 14.9. The molecule has 9 heteroatoms. The Morgan fingerprint density at radius 1 is 0.974 bits per heavy atom. The van der Waals surface area contributed by atoms with Gasteiger partial charge < -0.3 is 9.72 Å². The second kappa shape index (κ2) is 9.93. The third-order valence-electron chi connectivity index (χ3n) is 6.10. The number of ether oxygens (including phenoxy) is 1. The van der Waals surface area contributed by atoms with Crippen molar-refractivity contribution in [1.29, 1.82) is 0 Å². The Bertz CT molecular complexity index is 1770. The van der Waals surface area contributed by atoms with Gasteiger partial charge in [0.1, 0.15) is 11.3 Å². The summed E-state index contributed by atoms with van der Waals surface area (Å²) >= 11 is 0. The summed E-state index contributed by atoms with van der Waals surface area (Å²) < 4.78 is 47.9. The maximum Gasteiger partial charge on any atom is 0.216 e. The standard InChI is InChI=1S/C29H20F3N3O3/c1-15-11-22-27(35-29(15)32)25(9-10-33-22)38-24-8-3-17(12-21(24)31)13-23(36)20-14-34-16(2)26(28(20)37)18-4-6-19(30)7-5-18/h3-12,14H,13H2,1-2H3,(H,34,37). The molecule has 3 heterocycles. The molecule has 0 bridgehead atoms. The van der Waals surface area contributed by atoms with Crippen molar-refractivity contribution >= 4 is 16.8 Å². The van der Waals surface area contributed by atoms with Crippen molar-refractivity contribution in [3.8, 4) is 22.6 Å². The summed E-state index contributed by atoms with van der Waals surface area (Å²) in [6.45, 7) is 3.24. The minimum absolute atomic E-state index is 0.0951. The lowest BCUT2D eigenvalue weighted by atomic mass is 9.98. The number of rotatable bonds is 6. The molecule has 0 amide bonds. The van der Waals surface area contributed by atoms with Crippen LogP contribution < -0.4 is 10.2 Å². The van der Waals surface area contributed by atoms with Crippen LogP contribution in [0.3, 0.4) is 0 Å². The zero-order valence-corrected chi connectivity index (χ0v) is 20.3. The maximum absolute atomic E-state index is 14.9. The number of carbonyl (C=O) groups excluding carboxylic acids is 1. The van der Waals surface area contributed by atoms with E-state index in [0.717, 1.165) is 6.07 Å². The molecule has 38 heavy (non-hydrogen) atoms. The summed E-state index contributed by atoms with van der Waals surface area (Å²) in [5, 5.41) is 0. The first kappa shape index (κ1) is 24.9. The molecule has 5 aromatic rings. The lowest BCUT2D eigenvalue weighted by Crippen LogP contribution is -2.20. The molecule has 0 aliphatic heterocycles. The second-order valence-electron chi connectivity index (χ2n) is 8.78. The number of fused-ring (bicyclic) bond motifs is 1. The van der Waals surface area contributed by atoms with Crippen molar-refractivity contribution in [2.75, 3.05) is 0 Å². The van der Waals surface area contributed by atoms with E-state index in [1.807, 2.05) is 0 Å². The smallest absolute Gasteiger partial charge is 0.216 e. The van der Waals surface area contributed by atoms with Crippen LogP contribution in [0, 0.1) is 31.4 Å². The highest BCUT2D eigenvalue weighted by Gasteiger charge is 2.19. The third-order valence-corrected chi connectivity index (χ3v) is 6.10. The van der Waals surface area contributed by atoms with E-state index in [4.69, 9.17) is 4.74 Å². The Morgan fingerprint density at radius 3 is 2.47 bits per heavy atom. The highest BCUT2D eigenvalue weighted by molar-refractivity contribution is 5.98. The molecule has 0 fully saturated rings. The topological polar surface area (TPSA) is 84.9 Å². The van der Waals surface area contributed by atoms with Crippen LogP contribution in [-0.4, -0.2) is 20.7 Å².